The second kappa shape index (κ2) is 6.57. The fourth-order valence-electron chi connectivity index (χ4n) is 2.27. The van der Waals surface area contributed by atoms with E-state index >= 15 is 0 Å². The first-order chi connectivity index (χ1) is 9.09. The van der Waals surface area contributed by atoms with Gasteiger partial charge in [-0.05, 0) is 47.0 Å². The van der Waals surface area contributed by atoms with Crippen LogP contribution in [0.3, 0.4) is 0 Å². The van der Waals surface area contributed by atoms with Crippen molar-refractivity contribution in [2.24, 2.45) is 0 Å². The summed E-state index contributed by atoms with van der Waals surface area (Å²) in [5.74, 6) is -0.374. The number of likely N-dealkylation sites (tertiary alicyclic amines) is 1. The van der Waals surface area contributed by atoms with E-state index < -0.39 is 11.2 Å². The number of amides is 1. The van der Waals surface area contributed by atoms with Crippen molar-refractivity contribution < 1.29 is 19.4 Å². The van der Waals surface area contributed by atoms with Gasteiger partial charge in [0.1, 0.15) is 5.60 Å². The highest BCUT2D eigenvalue weighted by atomic mass is 16.6. The van der Waals surface area contributed by atoms with Crippen LogP contribution in [0.15, 0.2) is 0 Å². The molecule has 0 radical (unpaired) electrons. The lowest BCUT2D eigenvalue weighted by molar-refractivity contribution is -0.156. The molecule has 1 unspecified atom stereocenters. The third-order valence-electron chi connectivity index (χ3n) is 3.38. The van der Waals surface area contributed by atoms with Gasteiger partial charge in [0.2, 0.25) is 5.91 Å². The first kappa shape index (κ1) is 17.0. The standard InChI is InChI=1S/C15H27NO4/c1-14(2,3)20-13(18)7-6-12(17)16-10-5-8-15(4,19)9-11-16/h19H,5-11H2,1-4H3. The second-order valence-electron chi connectivity index (χ2n) is 6.82. The van der Waals surface area contributed by atoms with Gasteiger partial charge in [-0.15, -0.1) is 0 Å². The van der Waals surface area contributed by atoms with E-state index in [2.05, 4.69) is 0 Å². The molecule has 1 fully saturated rings. The van der Waals surface area contributed by atoms with E-state index in [1.165, 1.54) is 0 Å². The maximum atomic E-state index is 12.1. The highest BCUT2D eigenvalue weighted by Crippen LogP contribution is 2.22. The Hall–Kier alpha value is -1.10. The lowest BCUT2D eigenvalue weighted by Gasteiger charge is -2.23. The van der Waals surface area contributed by atoms with E-state index in [9.17, 15) is 14.7 Å². The van der Waals surface area contributed by atoms with Crippen LogP contribution in [0.1, 0.15) is 59.8 Å². The average Bonchev–Trinajstić information content (AvgIpc) is 2.45. The van der Waals surface area contributed by atoms with Crippen LogP contribution < -0.4 is 0 Å². The SMILES string of the molecule is CC1(O)CCCN(C(=O)CCC(=O)OC(C)(C)C)CC1. The molecule has 0 spiro atoms. The van der Waals surface area contributed by atoms with Gasteiger partial charge in [-0.2, -0.15) is 0 Å². The van der Waals surface area contributed by atoms with E-state index in [1.54, 1.807) is 4.90 Å². The molecule has 1 atom stereocenters. The summed E-state index contributed by atoms with van der Waals surface area (Å²) in [6.07, 6.45) is 2.39. The van der Waals surface area contributed by atoms with Crippen molar-refractivity contribution in [1.29, 1.82) is 0 Å². The minimum atomic E-state index is -0.680. The van der Waals surface area contributed by atoms with Crippen LogP contribution in [-0.2, 0) is 14.3 Å². The number of aliphatic hydroxyl groups is 1. The summed E-state index contributed by atoms with van der Waals surface area (Å²) in [5.41, 5.74) is -1.19. The van der Waals surface area contributed by atoms with Crippen molar-refractivity contribution in [3.8, 4) is 0 Å². The Labute approximate surface area is 121 Å². The molecule has 20 heavy (non-hydrogen) atoms. The predicted octanol–water partition coefficient (Wildman–Crippen LogP) is 1.87. The van der Waals surface area contributed by atoms with Crippen molar-refractivity contribution in [1.82, 2.24) is 4.90 Å². The van der Waals surface area contributed by atoms with Crippen molar-refractivity contribution in [2.45, 2.75) is 71.0 Å². The largest absolute Gasteiger partial charge is 0.460 e. The summed E-state index contributed by atoms with van der Waals surface area (Å²) in [5, 5.41) is 9.99. The topological polar surface area (TPSA) is 66.8 Å². The quantitative estimate of drug-likeness (QED) is 0.804. The van der Waals surface area contributed by atoms with Crippen LogP contribution in [0.2, 0.25) is 0 Å². The molecule has 0 aromatic carbocycles. The van der Waals surface area contributed by atoms with Gasteiger partial charge >= 0.3 is 5.97 Å². The molecule has 0 aromatic heterocycles. The number of carbonyl (C=O) groups is 2. The molecular formula is C15H27NO4. The maximum Gasteiger partial charge on any atom is 0.306 e. The first-order valence-electron chi connectivity index (χ1n) is 7.31. The Bertz CT molecular complexity index is 357. The Balaban J connectivity index is 2.38. The molecular weight excluding hydrogens is 258 g/mol. The van der Waals surface area contributed by atoms with Gasteiger partial charge in [-0.3, -0.25) is 9.59 Å². The number of nitrogens with zero attached hydrogens (tertiary/aromatic N) is 1. The van der Waals surface area contributed by atoms with Crippen molar-refractivity contribution >= 4 is 11.9 Å². The molecule has 0 bridgehead atoms. The van der Waals surface area contributed by atoms with E-state index in [-0.39, 0.29) is 24.7 Å². The van der Waals surface area contributed by atoms with Gasteiger partial charge in [0, 0.05) is 19.5 Å². The molecule has 0 saturated carbocycles. The number of ether oxygens (including phenoxy) is 1. The van der Waals surface area contributed by atoms with Gasteiger partial charge in [0.25, 0.3) is 0 Å². The summed E-state index contributed by atoms with van der Waals surface area (Å²) in [7, 11) is 0. The van der Waals surface area contributed by atoms with Crippen LogP contribution in [0.4, 0.5) is 0 Å². The van der Waals surface area contributed by atoms with Crippen LogP contribution in [0.5, 0.6) is 0 Å². The lowest BCUT2D eigenvalue weighted by atomic mass is 9.98. The van der Waals surface area contributed by atoms with Gasteiger partial charge in [-0.1, -0.05) is 0 Å². The molecule has 1 aliphatic heterocycles. The Kier molecular flexibility index (Phi) is 5.57. The van der Waals surface area contributed by atoms with Gasteiger partial charge < -0.3 is 14.7 Å². The fraction of sp³-hybridized carbons (Fsp3) is 0.867. The van der Waals surface area contributed by atoms with Crippen LogP contribution in [-0.4, -0.2) is 46.2 Å². The fourth-order valence-corrected chi connectivity index (χ4v) is 2.27. The molecule has 1 amide bonds. The zero-order valence-electron chi connectivity index (χ0n) is 13.1. The molecule has 0 aliphatic carbocycles. The minimum Gasteiger partial charge on any atom is -0.460 e. The zero-order chi connectivity index (χ0) is 15.4. The van der Waals surface area contributed by atoms with Gasteiger partial charge in [-0.25, -0.2) is 0 Å². The summed E-state index contributed by atoms with van der Waals surface area (Å²) in [4.78, 5) is 25.4. The summed E-state index contributed by atoms with van der Waals surface area (Å²) in [6.45, 7) is 8.45. The predicted molar refractivity (Wildman–Crippen MR) is 76.1 cm³/mol. The second-order valence-corrected chi connectivity index (χ2v) is 6.82. The molecule has 1 heterocycles. The molecule has 5 nitrogen and oxygen atoms in total. The number of hydrogen-bond acceptors (Lipinski definition) is 4. The average molecular weight is 285 g/mol. The van der Waals surface area contributed by atoms with E-state index in [0.717, 1.165) is 6.42 Å². The third-order valence-corrected chi connectivity index (χ3v) is 3.38. The minimum absolute atomic E-state index is 0.0337. The van der Waals surface area contributed by atoms with Crippen LogP contribution in [0.25, 0.3) is 0 Å². The van der Waals surface area contributed by atoms with Crippen molar-refractivity contribution in [2.75, 3.05) is 13.1 Å². The Morgan fingerprint density at radius 2 is 1.85 bits per heavy atom. The summed E-state index contributed by atoms with van der Waals surface area (Å²) in [6, 6.07) is 0. The van der Waals surface area contributed by atoms with Crippen LogP contribution in [0, 0.1) is 0 Å². The number of esters is 1. The molecule has 116 valence electrons. The lowest BCUT2D eigenvalue weighted by Crippen LogP contribution is -2.34. The zero-order valence-corrected chi connectivity index (χ0v) is 13.1. The molecule has 0 aromatic rings. The van der Waals surface area contributed by atoms with Crippen molar-refractivity contribution in [3.63, 3.8) is 0 Å². The molecule has 1 aliphatic rings. The van der Waals surface area contributed by atoms with E-state index in [0.29, 0.717) is 25.9 Å². The molecule has 1 rings (SSSR count). The summed E-state index contributed by atoms with van der Waals surface area (Å²) < 4.78 is 5.18. The number of rotatable bonds is 3. The molecule has 1 saturated heterocycles. The van der Waals surface area contributed by atoms with Crippen LogP contribution >= 0.6 is 0 Å². The van der Waals surface area contributed by atoms with Crippen molar-refractivity contribution in [3.05, 3.63) is 0 Å². The Morgan fingerprint density at radius 1 is 1.20 bits per heavy atom. The van der Waals surface area contributed by atoms with E-state index in [4.69, 9.17) is 4.74 Å². The maximum absolute atomic E-state index is 12.1. The van der Waals surface area contributed by atoms with E-state index in [1.807, 2.05) is 27.7 Å². The van der Waals surface area contributed by atoms with Gasteiger partial charge in [0.15, 0.2) is 0 Å². The smallest absolute Gasteiger partial charge is 0.306 e. The molecule has 5 heteroatoms. The monoisotopic (exact) mass is 285 g/mol. The Morgan fingerprint density at radius 3 is 2.45 bits per heavy atom. The number of carbonyl (C=O) groups excluding carboxylic acids is 2. The summed E-state index contributed by atoms with van der Waals surface area (Å²) >= 11 is 0. The number of hydrogen-bond donors (Lipinski definition) is 1. The first-order valence-corrected chi connectivity index (χ1v) is 7.31. The normalized spacial score (nSPS) is 24.1. The third kappa shape index (κ3) is 6.37. The highest BCUT2D eigenvalue weighted by molar-refractivity contribution is 5.81. The highest BCUT2D eigenvalue weighted by Gasteiger charge is 2.27. The van der Waals surface area contributed by atoms with Gasteiger partial charge in [0.05, 0.1) is 12.0 Å². The molecule has 1 N–H and O–H groups in total.